The van der Waals surface area contributed by atoms with Gasteiger partial charge in [0.15, 0.2) is 11.5 Å². The molecule has 1 fully saturated rings. The normalized spacial score (nSPS) is 32.4. The molecular formula is C20H26ClN3O3. The molecule has 1 heterocycles. The maximum absolute atomic E-state index is 13.4. The molecule has 0 bridgehead atoms. The Balaban J connectivity index is 1.69. The lowest BCUT2D eigenvalue weighted by molar-refractivity contribution is -0.137. The molecule has 4 rings (SSSR count). The summed E-state index contributed by atoms with van der Waals surface area (Å²) < 4.78 is 11.0. The number of hydrogen-bond acceptors (Lipinski definition) is 5. The molecule has 146 valence electrons. The number of amides is 1. The van der Waals surface area contributed by atoms with Crippen LogP contribution >= 0.6 is 11.6 Å². The smallest absolute Gasteiger partial charge is 0.262 e. The topological polar surface area (TPSA) is 77.2 Å². The van der Waals surface area contributed by atoms with Gasteiger partial charge in [0.05, 0.1) is 19.3 Å². The molecular weight excluding hydrogens is 366 g/mol. The van der Waals surface area contributed by atoms with Gasteiger partial charge in [0.1, 0.15) is 0 Å². The Hall–Kier alpha value is -1.63. The first-order valence-corrected chi connectivity index (χ1v) is 9.84. The van der Waals surface area contributed by atoms with E-state index >= 15 is 0 Å². The molecule has 3 aliphatic rings. The van der Waals surface area contributed by atoms with Crippen molar-refractivity contribution in [3.63, 3.8) is 0 Å². The van der Waals surface area contributed by atoms with Crippen molar-refractivity contribution in [1.29, 1.82) is 0 Å². The number of benzene rings is 1. The molecule has 2 aliphatic carbocycles. The maximum atomic E-state index is 13.4. The summed E-state index contributed by atoms with van der Waals surface area (Å²) in [5.41, 5.74) is 6.95. The van der Waals surface area contributed by atoms with Gasteiger partial charge in [-0.1, -0.05) is 17.7 Å². The van der Waals surface area contributed by atoms with Gasteiger partial charge in [-0.25, -0.2) is 4.99 Å². The molecule has 1 saturated carbocycles. The van der Waals surface area contributed by atoms with Crippen molar-refractivity contribution in [3.05, 3.63) is 34.3 Å². The van der Waals surface area contributed by atoms with E-state index in [1.807, 2.05) is 18.2 Å². The SMILES string of the molecule is COCCOC1CCC2(CC1)Cc1ccc(Cl)cc1C21N=C(N)N(C)C1=O. The molecule has 2 spiro atoms. The standard InChI is InChI=1S/C20H26ClN3O3/c1-24-17(25)20(23-18(24)22)16-11-14(21)4-3-13(16)12-19(20)7-5-15(6-8-19)27-10-9-26-2/h3-4,11,15H,5-10,12H2,1-2H3,(H2,22,23). The third-order valence-electron chi connectivity index (χ3n) is 6.53. The van der Waals surface area contributed by atoms with Gasteiger partial charge >= 0.3 is 0 Å². The van der Waals surface area contributed by atoms with Crippen molar-refractivity contribution in [2.24, 2.45) is 16.1 Å². The first kappa shape index (κ1) is 18.7. The zero-order chi connectivity index (χ0) is 19.2. The first-order chi connectivity index (χ1) is 12.9. The van der Waals surface area contributed by atoms with Crippen LogP contribution in [0.15, 0.2) is 23.2 Å². The van der Waals surface area contributed by atoms with Crippen molar-refractivity contribution in [3.8, 4) is 0 Å². The molecule has 1 atom stereocenters. The van der Waals surface area contributed by atoms with Crippen molar-refractivity contribution >= 4 is 23.5 Å². The van der Waals surface area contributed by atoms with Crippen LogP contribution in [-0.4, -0.2) is 50.2 Å². The van der Waals surface area contributed by atoms with E-state index in [1.54, 1.807) is 14.2 Å². The van der Waals surface area contributed by atoms with Crippen LogP contribution in [-0.2, 0) is 26.2 Å². The molecule has 27 heavy (non-hydrogen) atoms. The Morgan fingerprint density at radius 1 is 1.33 bits per heavy atom. The van der Waals surface area contributed by atoms with E-state index in [2.05, 4.69) is 0 Å². The van der Waals surface area contributed by atoms with Crippen LogP contribution in [0.1, 0.15) is 36.8 Å². The average Bonchev–Trinajstić information content (AvgIpc) is 3.05. The molecule has 1 unspecified atom stereocenters. The minimum Gasteiger partial charge on any atom is -0.382 e. The van der Waals surface area contributed by atoms with Gasteiger partial charge in [-0.15, -0.1) is 0 Å². The minimum atomic E-state index is -0.955. The predicted molar refractivity (Wildman–Crippen MR) is 104 cm³/mol. The highest BCUT2D eigenvalue weighted by Crippen LogP contribution is 2.62. The second-order valence-corrected chi connectivity index (χ2v) is 8.30. The number of carbonyl (C=O) groups is 1. The van der Waals surface area contributed by atoms with Gasteiger partial charge in [-0.3, -0.25) is 9.69 Å². The lowest BCUT2D eigenvalue weighted by Crippen LogP contribution is -2.51. The fraction of sp³-hybridized carbons (Fsp3) is 0.600. The second-order valence-electron chi connectivity index (χ2n) is 7.87. The summed E-state index contributed by atoms with van der Waals surface area (Å²) in [4.78, 5) is 19.7. The Labute approximate surface area is 164 Å². The lowest BCUT2D eigenvalue weighted by Gasteiger charge is -2.45. The number of nitrogens with two attached hydrogens (primary N) is 1. The van der Waals surface area contributed by atoms with Gasteiger partial charge in [0, 0.05) is 24.6 Å². The quantitative estimate of drug-likeness (QED) is 0.800. The summed E-state index contributed by atoms with van der Waals surface area (Å²) in [7, 11) is 3.38. The zero-order valence-corrected chi connectivity index (χ0v) is 16.6. The monoisotopic (exact) mass is 391 g/mol. The molecule has 0 aromatic heterocycles. The summed E-state index contributed by atoms with van der Waals surface area (Å²) in [6.45, 7) is 1.20. The van der Waals surface area contributed by atoms with E-state index in [-0.39, 0.29) is 23.4 Å². The molecule has 1 aromatic carbocycles. The summed E-state index contributed by atoms with van der Waals surface area (Å²) in [5.74, 6) is 0.241. The highest BCUT2D eigenvalue weighted by molar-refractivity contribution is 6.30. The van der Waals surface area contributed by atoms with E-state index in [1.165, 1.54) is 4.90 Å². The van der Waals surface area contributed by atoms with Crippen LogP contribution in [0.25, 0.3) is 0 Å². The largest absolute Gasteiger partial charge is 0.382 e. The van der Waals surface area contributed by atoms with Crippen LogP contribution in [0.2, 0.25) is 5.02 Å². The lowest BCUT2D eigenvalue weighted by atomic mass is 9.61. The fourth-order valence-electron chi connectivity index (χ4n) is 5.13. The Kier molecular flexibility index (Phi) is 4.69. The van der Waals surface area contributed by atoms with Gasteiger partial charge < -0.3 is 15.2 Å². The van der Waals surface area contributed by atoms with Crippen LogP contribution in [0.5, 0.6) is 0 Å². The number of guanidine groups is 1. The van der Waals surface area contributed by atoms with Crippen molar-refractivity contribution < 1.29 is 14.3 Å². The third-order valence-corrected chi connectivity index (χ3v) is 6.76. The predicted octanol–water partition coefficient (Wildman–Crippen LogP) is 2.47. The van der Waals surface area contributed by atoms with E-state index in [9.17, 15) is 4.79 Å². The van der Waals surface area contributed by atoms with Crippen LogP contribution in [0.4, 0.5) is 0 Å². The number of halogens is 1. The molecule has 1 amide bonds. The molecule has 6 nitrogen and oxygen atoms in total. The van der Waals surface area contributed by atoms with Gasteiger partial charge in [-0.05, 0) is 55.4 Å². The molecule has 1 aromatic rings. The van der Waals surface area contributed by atoms with E-state index in [0.29, 0.717) is 18.2 Å². The summed E-state index contributed by atoms with van der Waals surface area (Å²) in [5, 5.41) is 0.623. The van der Waals surface area contributed by atoms with Gasteiger partial charge in [-0.2, -0.15) is 0 Å². The Morgan fingerprint density at radius 3 is 2.70 bits per heavy atom. The Bertz CT molecular complexity index is 789. The zero-order valence-electron chi connectivity index (χ0n) is 15.8. The fourth-order valence-corrected chi connectivity index (χ4v) is 5.30. The third kappa shape index (κ3) is 2.69. The van der Waals surface area contributed by atoms with Crippen LogP contribution < -0.4 is 5.73 Å². The number of carbonyl (C=O) groups excluding carboxylic acids is 1. The molecule has 0 radical (unpaired) electrons. The molecule has 2 N–H and O–H groups in total. The summed E-state index contributed by atoms with van der Waals surface area (Å²) in [6, 6.07) is 5.83. The molecule has 0 saturated heterocycles. The molecule has 7 heteroatoms. The summed E-state index contributed by atoms with van der Waals surface area (Å²) in [6.07, 6.45) is 4.56. The van der Waals surface area contributed by atoms with Crippen molar-refractivity contribution in [2.45, 2.75) is 43.7 Å². The number of ether oxygens (including phenoxy) is 2. The average molecular weight is 392 g/mol. The van der Waals surface area contributed by atoms with Crippen molar-refractivity contribution in [1.82, 2.24) is 4.90 Å². The summed E-state index contributed by atoms with van der Waals surface area (Å²) >= 11 is 6.29. The number of likely N-dealkylation sites (N-methyl/N-ethyl adjacent to an activating group) is 1. The molecule has 1 aliphatic heterocycles. The second kappa shape index (κ2) is 6.76. The van der Waals surface area contributed by atoms with E-state index < -0.39 is 5.54 Å². The number of nitrogens with zero attached hydrogens (tertiary/aromatic N) is 2. The van der Waals surface area contributed by atoms with Crippen LogP contribution in [0.3, 0.4) is 0 Å². The Morgan fingerprint density at radius 2 is 2.07 bits per heavy atom. The van der Waals surface area contributed by atoms with Crippen molar-refractivity contribution in [2.75, 3.05) is 27.4 Å². The van der Waals surface area contributed by atoms with E-state index in [0.717, 1.165) is 43.2 Å². The number of methoxy groups -OCH3 is 1. The highest BCUT2D eigenvalue weighted by Gasteiger charge is 2.66. The van der Waals surface area contributed by atoms with E-state index in [4.69, 9.17) is 31.8 Å². The van der Waals surface area contributed by atoms with Gasteiger partial charge in [0.2, 0.25) is 0 Å². The van der Waals surface area contributed by atoms with Crippen LogP contribution in [0, 0.1) is 5.41 Å². The number of hydrogen-bond donors (Lipinski definition) is 1. The highest BCUT2D eigenvalue weighted by atomic mass is 35.5. The minimum absolute atomic E-state index is 0.0419. The number of fused-ring (bicyclic) bond motifs is 3. The van der Waals surface area contributed by atoms with Gasteiger partial charge in [0.25, 0.3) is 5.91 Å². The maximum Gasteiger partial charge on any atom is 0.262 e. The first-order valence-electron chi connectivity index (χ1n) is 9.46. The number of rotatable bonds is 4. The number of aliphatic imine (C=N–C) groups is 1.